The Bertz CT molecular complexity index is 424. The second-order valence-electron chi connectivity index (χ2n) is 4.47. The van der Waals surface area contributed by atoms with E-state index in [0.29, 0.717) is 18.5 Å². The SMILES string of the molecule is CCCNCc1ccc(N2C(=O)CCC2=O)cc1. The van der Waals surface area contributed by atoms with E-state index in [9.17, 15) is 9.59 Å². The summed E-state index contributed by atoms with van der Waals surface area (Å²) in [6, 6.07) is 7.59. The third-order valence-electron chi connectivity index (χ3n) is 3.00. The van der Waals surface area contributed by atoms with Crippen LogP contribution in [0.3, 0.4) is 0 Å². The molecule has 0 atom stereocenters. The van der Waals surface area contributed by atoms with Crippen molar-refractivity contribution in [2.24, 2.45) is 0 Å². The van der Waals surface area contributed by atoms with Crippen molar-refractivity contribution in [3.05, 3.63) is 29.8 Å². The van der Waals surface area contributed by atoms with Crippen molar-refractivity contribution in [1.29, 1.82) is 0 Å². The van der Waals surface area contributed by atoms with Crippen molar-refractivity contribution >= 4 is 17.5 Å². The minimum absolute atomic E-state index is 0.100. The first-order valence-electron chi connectivity index (χ1n) is 6.38. The molecular weight excluding hydrogens is 228 g/mol. The third kappa shape index (κ3) is 2.76. The molecule has 1 N–H and O–H groups in total. The van der Waals surface area contributed by atoms with E-state index < -0.39 is 0 Å². The molecule has 0 saturated carbocycles. The van der Waals surface area contributed by atoms with Gasteiger partial charge in [-0.05, 0) is 30.7 Å². The Kier molecular flexibility index (Phi) is 4.10. The topological polar surface area (TPSA) is 49.4 Å². The van der Waals surface area contributed by atoms with Crippen LogP contribution in [0.25, 0.3) is 0 Å². The molecule has 18 heavy (non-hydrogen) atoms. The normalized spacial score (nSPS) is 15.5. The minimum atomic E-state index is -0.100. The van der Waals surface area contributed by atoms with Gasteiger partial charge in [0.1, 0.15) is 0 Å². The maximum absolute atomic E-state index is 11.6. The summed E-state index contributed by atoms with van der Waals surface area (Å²) in [4.78, 5) is 24.4. The predicted molar refractivity (Wildman–Crippen MR) is 70.2 cm³/mol. The number of anilines is 1. The lowest BCUT2D eigenvalue weighted by atomic mass is 10.2. The molecule has 1 aliphatic heterocycles. The van der Waals surface area contributed by atoms with Gasteiger partial charge in [0, 0.05) is 19.4 Å². The van der Waals surface area contributed by atoms with Gasteiger partial charge in [-0.3, -0.25) is 14.5 Å². The first-order chi connectivity index (χ1) is 8.72. The first-order valence-corrected chi connectivity index (χ1v) is 6.38. The van der Waals surface area contributed by atoms with Gasteiger partial charge < -0.3 is 5.32 Å². The summed E-state index contributed by atoms with van der Waals surface area (Å²) >= 11 is 0. The molecule has 1 aliphatic rings. The van der Waals surface area contributed by atoms with Crippen LogP contribution in [0.2, 0.25) is 0 Å². The molecule has 1 heterocycles. The molecule has 0 bridgehead atoms. The van der Waals surface area contributed by atoms with E-state index in [2.05, 4.69) is 12.2 Å². The van der Waals surface area contributed by atoms with E-state index in [1.807, 2.05) is 24.3 Å². The summed E-state index contributed by atoms with van der Waals surface area (Å²) in [5.74, 6) is -0.200. The average molecular weight is 246 g/mol. The molecule has 96 valence electrons. The molecule has 1 saturated heterocycles. The molecule has 1 fully saturated rings. The zero-order valence-electron chi connectivity index (χ0n) is 10.6. The number of hydrogen-bond donors (Lipinski definition) is 1. The van der Waals surface area contributed by atoms with Gasteiger partial charge in [0.15, 0.2) is 0 Å². The molecule has 1 aromatic rings. The lowest BCUT2D eigenvalue weighted by molar-refractivity contribution is -0.121. The van der Waals surface area contributed by atoms with E-state index in [0.717, 1.165) is 25.1 Å². The standard InChI is InChI=1S/C14H18N2O2/c1-2-9-15-10-11-3-5-12(6-4-11)16-13(17)7-8-14(16)18/h3-6,15H,2,7-10H2,1H3. The predicted octanol–water partition coefficient (Wildman–Crippen LogP) is 1.84. The molecule has 0 spiro atoms. The fourth-order valence-electron chi connectivity index (χ4n) is 2.04. The highest BCUT2D eigenvalue weighted by atomic mass is 16.2. The summed E-state index contributed by atoms with van der Waals surface area (Å²) in [6.07, 6.45) is 1.77. The van der Waals surface area contributed by atoms with Crippen LogP contribution < -0.4 is 10.2 Å². The largest absolute Gasteiger partial charge is 0.313 e. The van der Waals surface area contributed by atoms with Crippen LogP contribution in [-0.4, -0.2) is 18.4 Å². The summed E-state index contributed by atoms with van der Waals surface area (Å²) in [5.41, 5.74) is 1.84. The van der Waals surface area contributed by atoms with E-state index >= 15 is 0 Å². The van der Waals surface area contributed by atoms with Crippen LogP contribution >= 0.6 is 0 Å². The highest BCUT2D eigenvalue weighted by Crippen LogP contribution is 2.22. The van der Waals surface area contributed by atoms with Crippen molar-refractivity contribution < 1.29 is 9.59 Å². The van der Waals surface area contributed by atoms with Crippen molar-refractivity contribution in [2.75, 3.05) is 11.4 Å². The maximum atomic E-state index is 11.6. The quantitative estimate of drug-likeness (QED) is 0.637. The number of carbonyl (C=O) groups excluding carboxylic acids is 2. The molecular formula is C14H18N2O2. The van der Waals surface area contributed by atoms with Gasteiger partial charge in [-0.15, -0.1) is 0 Å². The van der Waals surface area contributed by atoms with Gasteiger partial charge in [0.25, 0.3) is 0 Å². The van der Waals surface area contributed by atoms with Crippen LogP contribution in [0.4, 0.5) is 5.69 Å². The summed E-state index contributed by atoms with van der Waals surface area (Å²) in [7, 11) is 0. The van der Waals surface area contributed by atoms with Crippen molar-refractivity contribution in [3.63, 3.8) is 0 Å². The van der Waals surface area contributed by atoms with Crippen molar-refractivity contribution in [2.45, 2.75) is 32.7 Å². The smallest absolute Gasteiger partial charge is 0.234 e. The Morgan fingerprint density at radius 1 is 1.11 bits per heavy atom. The van der Waals surface area contributed by atoms with E-state index in [4.69, 9.17) is 0 Å². The molecule has 2 amide bonds. The number of amides is 2. The highest BCUT2D eigenvalue weighted by molar-refractivity contribution is 6.19. The molecule has 0 aliphatic carbocycles. The monoisotopic (exact) mass is 246 g/mol. The second kappa shape index (κ2) is 5.78. The van der Waals surface area contributed by atoms with Crippen LogP contribution in [0.1, 0.15) is 31.7 Å². The van der Waals surface area contributed by atoms with Gasteiger partial charge in [-0.2, -0.15) is 0 Å². The zero-order chi connectivity index (χ0) is 13.0. The number of carbonyl (C=O) groups is 2. The summed E-state index contributed by atoms with van der Waals surface area (Å²) in [5, 5.41) is 3.31. The van der Waals surface area contributed by atoms with Gasteiger partial charge in [0.05, 0.1) is 5.69 Å². The number of hydrogen-bond acceptors (Lipinski definition) is 3. The molecule has 0 unspecified atom stereocenters. The number of nitrogens with zero attached hydrogens (tertiary/aromatic N) is 1. The van der Waals surface area contributed by atoms with Crippen LogP contribution in [0, 0.1) is 0 Å². The lowest BCUT2D eigenvalue weighted by Crippen LogP contribution is -2.28. The average Bonchev–Trinajstić information content (AvgIpc) is 2.71. The number of nitrogens with one attached hydrogen (secondary N) is 1. The van der Waals surface area contributed by atoms with Crippen LogP contribution in [0.15, 0.2) is 24.3 Å². The number of rotatable bonds is 5. The molecule has 2 rings (SSSR count). The minimum Gasteiger partial charge on any atom is -0.313 e. The van der Waals surface area contributed by atoms with Crippen LogP contribution in [0.5, 0.6) is 0 Å². The third-order valence-corrected chi connectivity index (χ3v) is 3.00. The fraction of sp³-hybridized carbons (Fsp3) is 0.429. The fourth-order valence-corrected chi connectivity index (χ4v) is 2.04. The van der Waals surface area contributed by atoms with Gasteiger partial charge >= 0.3 is 0 Å². The van der Waals surface area contributed by atoms with Gasteiger partial charge in [-0.25, -0.2) is 0 Å². The Balaban J connectivity index is 2.03. The van der Waals surface area contributed by atoms with Crippen molar-refractivity contribution in [1.82, 2.24) is 5.32 Å². The Labute approximate surface area is 107 Å². The summed E-state index contributed by atoms with van der Waals surface area (Å²) in [6.45, 7) is 3.93. The molecule has 4 heteroatoms. The van der Waals surface area contributed by atoms with E-state index in [1.165, 1.54) is 4.90 Å². The molecule has 0 aromatic heterocycles. The Hall–Kier alpha value is -1.68. The summed E-state index contributed by atoms with van der Waals surface area (Å²) < 4.78 is 0. The van der Waals surface area contributed by atoms with E-state index in [1.54, 1.807) is 0 Å². The first kappa shape index (κ1) is 12.8. The molecule has 1 aromatic carbocycles. The maximum Gasteiger partial charge on any atom is 0.234 e. The Morgan fingerprint density at radius 2 is 1.72 bits per heavy atom. The van der Waals surface area contributed by atoms with Gasteiger partial charge in [0.2, 0.25) is 11.8 Å². The second-order valence-corrected chi connectivity index (χ2v) is 4.47. The van der Waals surface area contributed by atoms with Crippen molar-refractivity contribution in [3.8, 4) is 0 Å². The lowest BCUT2D eigenvalue weighted by Gasteiger charge is -2.14. The molecule has 0 radical (unpaired) electrons. The number of benzene rings is 1. The van der Waals surface area contributed by atoms with Gasteiger partial charge in [-0.1, -0.05) is 19.1 Å². The Morgan fingerprint density at radius 3 is 2.28 bits per heavy atom. The zero-order valence-corrected chi connectivity index (χ0v) is 10.6. The number of imide groups is 1. The van der Waals surface area contributed by atoms with Crippen LogP contribution in [-0.2, 0) is 16.1 Å². The molecule has 4 nitrogen and oxygen atoms in total. The highest BCUT2D eigenvalue weighted by Gasteiger charge is 2.29. The van der Waals surface area contributed by atoms with E-state index in [-0.39, 0.29) is 11.8 Å².